The molecule has 3 heterocycles. The number of pyridine rings is 1. The number of benzene rings is 3. The first-order chi connectivity index (χ1) is 17.1. The van der Waals surface area contributed by atoms with Gasteiger partial charge in [-0.25, -0.2) is 9.78 Å². The van der Waals surface area contributed by atoms with Crippen LogP contribution in [0.25, 0.3) is 44.6 Å². The van der Waals surface area contributed by atoms with Crippen LogP contribution >= 0.6 is 0 Å². The van der Waals surface area contributed by atoms with Crippen molar-refractivity contribution >= 4 is 11.0 Å². The molecule has 0 amide bonds. The number of fused-ring (bicyclic) bond motifs is 2. The average molecular weight is 463 g/mol. The zero-order valence-corrected chi connectivity index (χ0v) is 19.2. The van der Waals surface area contributed by atoms with Gasteiger partial charge in [-0.15, -0.1) is 0 Å². The molecule has 2 aromatic heterocycles. The van der Waals surface area contributed by atoms with Crippen LogP contribution in [0.1, 0.15) is 5.56 Å². The first kappa shape index (κ1) is 21.0. The molecule has 3 aromatic carbocycles. The summed E-state index contributed by atoms with van der Waals surface area (Å²) >= 11 is 0. The average Bonchev–Trinajstić information content (AvgIpc) is 3.36. The van der Waals surface area contributed by atoms with E-state index in [9.17, 15) is 4.79 Å². The van der Waals surface area contributed by atoms with Crippen LogP contribution in [0.15, 0.2) is 88.1 Å². The molecule has 0 radical (unpaired) electrons. The van der Waals surface area contributed by atoms with Crippen LogP contribution in [0.4, 0.5) is 0 Å². The molecule has 0 saturated carbocycles. The molecule has 6 rings (SSSR count). The highest BCUT2D eigenvalue weighted by atomic mass is 16.7. The van der Waals surface area contributed by atoms with E-state index in [4.69, 9.17) is 23.6 Å². The second kappa shape index (κ2) is 8.33. The molecule has 1 aliphatic rings. The highest BCUT2D eigenvalue weighted by Gasteiger charge is 2.18. The number of hydrogen-bond acceptors (Lipinski definition) is 6. The topological polar surface area (TPSA) is 70.8 Å². The molecule has 0 fully saturated rings. The van der Waals surface area contributed by atoms with Crippen molar-refractivity contribution in [3.05, 3.63) is 94.8 Å². The summed E-state index contributed by atoms with van der Waals surface area (Å²) in [4.78, 5) is 18.0. The Morgan fingerprint density at radius 3 is 2.40 bits per heavy atom. The molecule has 0 aliphatic carbocycles. The van der Waals surface area contributed by atoms with Crippen molar-refractivity contribution < 1.29 is 18.6 Å². The molecule has 0 atom stereocenters. The van der Waals surface area contributed by atoms with E-state index in [-0.39, 0.29) is 6.79 Å². The number of aromatic nitrogens is 1. The summed E-state index contributed by atoms with van der Waals surface area (Å²) in [6.45, 7) is 2.25. The van der Waals surface area contributed by atoms with Gasteiger partial charge in [-0.2, -0.15) is 0 Å². The van der Waals surface area contributed by atoms with Gasteiger partial charge in [0.05, 0.1) is 24.1 Å². The Bertz CT molecular complexity index is 1640. The molecule has 6 heteroatoms. The molecule has 0 bridgehead atoms. The molecular formula is C29H21NO5. The predicted molar refractivity (Wildman–Crippen MR) is 134 cm³/mol. The van der Waals surface area contributed by atoms with Crippen LogP contribution in [-0.4, -0.2) is 18.9 Å². The number of nitrogens with zero attached hydrogens (tertiary/aromatic N) is 1. The van der Waals surface area contributed by atoms with E-state index >= 15 is 0 Å². The fourth-order valence-corrected chi connectivity index (χ4v) is 4.24. The summed E-state index contributed by atoms with van der Waals surface area (Å²) in [6, 6.07) is 25.1. The van der Waals surface area contributed by atoms with Gasteiger partial charge in [-0.05, 0) is 54.4 Å². The van der Waals surface area contributed by atoms with Crippen molar-refractivity contribution in [1.29, 1.82) is 0 Å². The normalized spacial score (nSPS) is 12.2. The van der Waals surface area contributed by atoms with Gasteiger partial charge in [0, 0.05) is 10.9 Å². The summed E-state index contributed by atoms with van der Waals surface area (Å²) in [7, 11) is 1.55. The van der Waals surface area contributed by atoms with E-state index in [1.54, 1.807) is 19.2 Å². The second-order valence-corrected chi connectivity index (χ2v) is 8.39. The fraction of sp³-hybridized carbons (Fsp3) is 0.103. The summed E-state index contributed by atoms with van der Waals surface area (Å²) in [5.41, 5.74) is 5.52. The lowest BCUT2D eigenvalue weighted by Crippen LogP contribution is -2.05. The maximum atomic E-state index is 13.1. The highest BCUT2D eigenvalue weighted by Crippen LogP contribution is 2.38. The van der Waals surface area contributed by atoms with Crippen LogP contribution in [0.5, 0.6) is 17.2 Å². The summed E-state index contributed by atoms with van der Waals surface area (Å²) in [5.74, 6) is 1.91. The number of methoxy groups -OCH3 is 1. The molecular weight excluding hydrogens is 442 g/mol. The van der Waals surface area contributed by atoms with E-state index in [0.717, 1.165) is 33.3 Å². The Labute approximate surface area is 201 Å². The number of ether oxygens (including phenoxy) is 3. The third kappa shape index (κ3) is 3.79. The lowest BCUT2D eigenvalue weighted by atomic mass is 9.99. The maximum absolute atomic E-state index is 13.1. The fourth-order valence-electron chi connectivity index (χ4n) is 4.24. The van der Waals surface area contributed by atoms with Gasteiger partial charge in [-0.1, -0.05) is 48.0 Å². The van der Waals surface area contributed by atoms with Crippen molar-refractivity contribution in [1.82, 2.24) is 4.98 Å². The van der Waals surface area contributed by atoms with E-state index in [2.05, 4.69) is 0 Å². The molecule has 1 aliphatic heterocycles. The SMILES string of the molecule is COc1cccc2cc(-c3cc(-c4ccc5c(c4)OCO5)cc(-c4ccc(C)cc4)n3)c(=O)oc12. The molecule has 172 valence electrons. The van der Waals surface area contributed by atoms with E-state index in [1.165, 1.54) is 0 Å². The van der Waals surface area contributed by atoms with Gasteiger partial charge in [0.2, 0.25) is 6.79 Å². The van der Waals surface area contributed by atoms with Crippen LogP contribution in [0, 0.1) is 6.92 Å². The molecule has 5 aromatic rings. The standard InChI is InChI=1S/C29H21NO5/c1-17-6-8-18(9-7-17)23-13-21(19-10-11-25-27(15-19)34-16-33-25)14-24(30-23)22-12-20-4-3-5-26(32-2)28(20)35-29(22)31/h3-15H,16H2,1-2H3. The molecule has 0 N–H and O–H groups in total. The minimum absolute atomic E-state index is 0.205. The lowest BCUT2D eigenvalue weighted by Gasteiger charge is -2.11. The first-order valence-electron chi connectivity index (χ1n) is 11.2. The minimum atomic E-state index is -0.479. The second-order valence-electron chi connectivity index (χ2n) is 8.39. The van der Waals surface area contributed by atoms with Gasteiger partial charge in [0.1, 0.15) is 0 Å². The minimum Gasteiger partial charge on any atom is -0.493 e. The molecule has 6 nitrogen and oxygen atoms in total. The number of rotatable bonds is 4. The Kier molecular flexibility index (Phi) is 4.99. The smallest absolute Gasteiger partial charge is 0.345 e. The van der Waals surface area contributed by atoms with Crippen molar-refractivity contribution in [3.8, 4) is 50.9 Å². The molecule has 0 saturated heterocycles. The summed E-state index contributed by atoms with van der Waals surface area (Å²) in [5, 5.41) is 0.756. The zero-order valence-electron chi connectivity index (χ0n) is 19.2. The van der Waals surface area contributed by atoms with Crippen molar-refractivity contribution in [2.24, 2.45) is 0 Å². The van der Waals surface area contributed by atoms with Crippen molar-refractivity contribution in [2.75, 3.05) is 13.9 Å². The Balaban J connectivity index is 1.57. The van der Waals surface area contributed by atoms with Crippen LogP contribution in [0.2, 0.25) is 0 Å². The third-order valence-electron chi connectivity index (χ3n) is 6.10. The highest BCUT2D eigenvalue weighted by molar-refractivity contribution is 5.86. The first-order valence-corrected chi connectivity index (χ1v) is 11.2. The molecule has 0 spiro atoms. The molecule has 0 unspecified atom stereocenters. The van der Waals surface area contributed by atoms with Gasteiger partial charge in [0.15, 0.2) is 22.8 Å². The van der Waals surface area contributed by atoms with E-state index < -0.39 is 5.63 Å². The van der Waals surface area contributed by atoms with Crippen LogP contribution in [0.3, 0.4) is 0 Å². The van der Waals surface area contributed by atoms with Crippen molar-refractivity contribution in [3.63, 3.8) is 0 Å². The van der Waals surface area contributed by atoms with E-state index in [1.807, 2.05) is 73.7 Å². The quantitative estimate of drug-likeness (QED) is 0.294. The Hall–Kier alpha value is -4.58. The zero-order chi connectivity index (χ0) is 23.9. The van der Waals surface area contributed by atoms with Gasteiger partial charge < -0.3 is 18.6 Å². The largest absolute Gasteiger partial charge is 0.493 e. The van der Waals surface area contributed by atoms with E-state index in [0.29, 0.717) is 34.1 Å². The summed E-state index contributed by atoms with van der Waals surface area (Å²) in [6.07, 6.45) is 0. The van der Waals surface area contributed by atoms with Gasteiger partial charge in [0.25, 0.3) is 0 Å². The third-order valence-corrected chi connectivity index (χ3v) is 6.10. The Morgan fingerprint density at radius 1 is 0.800 bits per heavy atom. The number of para-hydroxylation sites is 1. The molecule has 35 heavy (non-hydrogen) atoms. The van der Waals surface area contributed by atoms with Gasteiger partial charge in [-0.3, -0.25) is 0 Å². The number of hydrogen-bond donors (Lipinski definition) is 0. The van der Waals surface area contributed by atoms with Crippen LogP contribution in [-0.2, 0) is 0 Å². The predicted octanol–water partition coefficient (Wildman–Crippen LogP) is 6.23. The lowest BCUT2D eigenvalue weighted by molar-refractivity contribution is 0.174. The summed E-state index contributed by atoms with van der Waals surface area (Å²) < 4.78 is 22.1. The maximum Gasteiger partial charge on any atom is 0.345 e. The Morgan fingerprint density at radius 2 is 1.57 bits per heavy atom. The monoisotopic (exact) mass is 463 g/mol. The van der Waals surface area contributed by atoms with Gasteiger partial charge >= 0.3 is 5.63 Å². The van der Waals surface area contributed by atoms with Crippen molar-refractivity contribution in [2.45, 2.75) is 6.92 Å². The number of aryl methyl sites for hydroxylation is 1. The van der Waals surface area contributed by atoms with Crippen LogP contribution < -0.4 is 19.8 Å².